The zero-order valence-electron chi connectivity index (χ0n) is 8.48. The smallest absolute Gasteiger partial charge is 0.445 e. The van der Waals surface area contributed by atoms with Gasteiger partial charge in [-0.25, -0.2) is 4.79 Å². The minimum atomic E-state index is -4.59. The van der Waals surface area contributed by atoms with Crippen molar-refractivity contribution < 1.29 is 27.8 Å². The Kier molecular flexibility index (Phi) is 4.23. The summed E-state index contributed by atoms with van der Waals surface area (Å²) in [5.74, 6) is -0.809. The molecular weight excluding hydrogens is 263 g/mol. The van der Waals surface area contributed by atoms with Gasteiger partial charge in [-0.15, -0.1) is 10.2 Å². The van der Waals surface area contributed by atoms with Gasteiger partial charge in [-0.05, 0) is 0 Å². The Morgan fingerprint density at radius 2 is 2.24 bits per heavy atom. The largest absolute Gasteiger partial charge is 0.467 e. The third kappa shape index (κ3) is 3.53. The van der Waals surface area contributed by atoms with Crippen molar-refractivity contribution in [1.82, 2.24) is 10.2 Å². The Labute approximate surface area is 97.4 Å². The molecule has 0 radical (unpaired) electrons. The molecule has 1 rings (SSSR count). The summed E-state index contributed by atoms with van der Waals surface area (Å²) in [6.07, 6.45) is -4.59. The fraction of sp³-hybridized carbons (Fsp3) is 0.571. The SMILES string of the molecule is COC(=O)C(CO)Nc1nnc(C(F)(F)F)s1. The molecule has 17 heavy (non-hydrogen) atoms. The van der Waals surface area contributed by atoms with Crippen molar-refractivity contribution in [2.45, 2.75) is 12.2 Å². The van der Waals surface area contributed by atoms with Gasteiger partial charge >= 0.3 is 12.1 Å². The fourth-order valence-corrected chi connectivity index (χ4v) is 1.53. The van der Waals surface area contributed by atoms with Crippen LogP contribution in [0.2, 0.25) is 0 Å². The van der Waals surface area contributed by atoms with Gasteiger partial charge in [0.25, 0.3) is 0 Å². The first kappa shape index (κ1) is 13.6. The number of alkyl halides is 3. The molecular formula is C7H8F3N3O3S. The predicted octanol–water partition coefficient (Wildman–Crippen LogP) is 0.503. The van der Waals surface area contributed by atoms with E-state index in [2.05, 4.69) is 20.3 Å². The number of carbonyl (C=O) groups excluding carboxylic acids is 1. The number of anilines is 1. The van der Waals surface area contributed by atoms with Gasteiger partial charge in [-0.1, -0.05) is 11.3 Å². The van der Waals surface area contributed by atoms with E-state index in [-0.39, 0.29) is 16.5 Å². The van der Waals surface area contributed by atoms with E-state index in [9.17, 15) is 18.0 Å². The molecule has 0 aliphatic carbocycles. The highest BCUT2D eigenvalue weighted by Crippen LogP contribution is 2.33. The van der Waals surface area contributed by atoms with Crippen LogP contribution < -0.4 is 5.32 Å². The van der Waals surface area contributed by atoms with Crippen LogP contribution in [0.25, 0.3) is 0 Å². The lowest BCUT2D eigenvalue weighted by Gasteiger charge is -2.11. The molecule has 0 amide bonds. The van der Waals surface area contributed by atoms with Crippen molar-refractivity contribution in [2.24, 2.45) is 0 Å². The number of hydrogen-bond acceptors (Lipinski definition) is 7. The number of carbonyl (C=O) groups is 1. The van der Waals surface area contributed by atoms with E-state index in [4.69, 9.17) is 5.11 Å². The van der Waals surface area contributed by atoms with Crippen LogP contribution in [0.4, 0.5) is 18.3 Å². The Hall–Kier alpha value is -1.42. The summed E-state index contributed by atoms with van der Waals surface area (Å²) in [5, 5.41) is 15.9. The lowest BCUT2D eigenvalue weighted by Crippen LogP contribution is -2.33. The number of hydrogen-bond donors (Lipinski definition) is 2. The Morgan fingerprint density at radius 1 is 1.59 bits per heavy atom. The Balaban J connectivity index is 2.75. The number of nitrogens with one attached hydrogen (secondary N) is 1. The van der Waals surface area contributed by atoms with Gasteiger partial charge in [-0.2, -0.15) is 13.2 Å². The molecule has 1 aromatic heterocycles. The fourth-order valence-electron chi connectivity index (χ4n) is 0.867. The number of nitrogens with zero attached hydrogens (tertiary/aromatic N) is 2. The van der Waals surface area contributed by atoms with Crippen molar-refractivity contribution in [2.75, 3.05) is 19.0 Å². The van der Waals surface area contributed by atoms with E-state index in [0.29, 0.717) is 0 Å². The Morgan fingerprint density at radius 3 is 2.65 bits per heavy atom. The van der Waals surface area contributed by atoms with Crippen molar-refractivity contribution in [3.63, 3.8) is 0 Å². The summed E-state index contributed by atoms with van der Waals surface area (Å²) in [5.41, 5.74) is 0. The van der Waals surface area contributed by atoms with Gasteiger partial charge < -0.3 is 15.2 Å². The van der Waals surface area contributed by atoms with Crippen LogP contribution in [-0.2, 0) is 15.7 Å². The zero-order valence-corrected chi connectivity index (χ0v) is 9.30. The number of rotatable bonds is 4. The van der Waals surface area contributed by atoms with E-state index >= 15 is 0 Å². The highest BCUT2D eigenvalue weighted by Gasteiger charge is 2.36. The summed E-state index contributed by atoms with van der Waals surface area (Å²) in [7, 11) is 1.09. The summed E-state index contributed by atoms with van der Waals surface area (Å²) >= 11 is 0.234. The van der Waals surface area contributed by atoms with Gasteiger partial charge in [0.1, 0.15) is 6.04 Å². The van der Waals surface area contributed by atoms with Crippen molar-refractivity contribution in [3.05, 3.63) is 5.01 Å². The van der Waals surface area contributed by atoms with Gasteiger partial charge in [0.05, 0.1) is 13.7 Å². The van der Waals surface area contributed by atoms with Gasteiger partial charge in [0.15, 0.2) is 0 Å². The van der Waals surface area contributed by atoms with Gasteiger partial charge in [0, 0.05) is 0 Å². The standard InChI is InChI=1S/C7H8F3N3O3S/c1-16-4(15)3(2-14)11-6-13-12-5(17-6)7(8,9)10/h3,14H,2H2,1H3,(H,11,13). The van der Waals surface area contributed by atoms with E-state index in [1.165, 1.54) is 0 Å². The highest BCUT2D eigenvalue weighted by molar-refractivity contribution is 7.15. The molecule has 0 saturated heterocycles. The summed E-state index contributed by atoms with van der Waals surface area (Å²) in [4.78, 5) is 11.0. The third-order valence-electron chi connectivity index (χ3n) is 1.63. The predicted molar refractivity (Wildman–Crippen MR) is 51.4 cm³/mol. The molecule has 0 fully saturated rings. The number of ether oxygens (including phenoxy) is 1. The van der Waals surface area contributed by atoms with E-state index in [0.717, 1.165) is 7.11 Å². The first-order chi connectivity index (χ1) is 7.88. The maximum Gasteiger partial charge on any atom is 0.445 e. The minimum absolute atomic E-state index is 0.221. The average Bonchev–Trinajstić information content (AvgIpc) is 2.73. The van der Waals surface area contributed by atoms with Crippen LogP contribution in [-0.4, -0.2) is 41.0 Å². The second-order valence-corrected chi connectivity index (χ2v) is 3.79. The number of aliphatic hydroxyl groups excluding tert-OH is 1. The van der Waals surface area contributed by atoms with Crippen LogP contribution >= 0.6 is 11.3 Å². The summed E-state index contributed by atoms with van der Waals surface area (Å²) in [6.45, 7) is -0.631. The van der Waals surface area contributed by atoms with Gasteiger partial charge in [-0.3, -0.25) is 0 Å². The second-order valence-electron chi connectivity index (χ2n) is 2.81. The Bertz CT molecular complexity index is 395. The van der Waals surface area contributed by atoms with Crippen molar-refractivity contribution in [1.29, 1.82) is 0 Å². The summed E-state index contributed by atoms with van der Waals surface area (Å²) < 4.78 is 40.9. The van der Waals surface area contributed by atoms with Crippen LogP contribution in [0.5, 0.6) is 0 Å². The molecule has 0 aliphatic heterocycles. The molecule has 1 heterocycles. The molecule has 0 bridgehead atoms. The quantitative estimate of drug-likeness (QED) is 0.776. The van der Waals surface area contributed by atoms with Crippen LogP contribution in [0.3, 0.4) is 0 Å². The lowest BCUT2D eigenvalue weighted by atomic mass is 10.3. The molecule has 1 aromatic rings. The molecule has 6 nitrogen and oxygen atoms in total. The molecule has 0 aliphatic rings. The maximum atomic E-state index is 12.2. The molecule has 0 saturated carbocycles. The molecule has 0 aromatic carbocycles. The zero-order chi connectivity index (χ0) is 13.1. The minimum Gasteiger partial charge on any atom is -0.467 e. The first-order valence-corrected chi connectivity index (χ1v) is 5.06. The first-order valence-electron chi connectivity index (χ1n) is 4.24. The van der Waals surface area contributed by atoms with Crippen LogP contribution in [0.15, 0.2) is 0 Å². The topological polar surface area (TPSA) is 84.3 Å². The van der Waals surface area contributed by atoms with Gasteiger partial charge in [0.2, 0.25) is 10.1 Å². The maximum absolute atomic E-state index is 12.2. The number of aromatic nitrogens is 2. The molecule has 2 N–H and O–H groups in total. The molecule has 1 atom stereocenters. The van der Waals surface area contributed by atoms with Crippen molar-refractivity contribution >= 4 is 22.4 Å². The molecule has 96 valence electrons. The lowest BCUT2D eigenvalue weighted by molar-refractivity contribution is -0.142. The van der Waals surface area contributed by atoms with E-state index in [1.807, 2.05) is 0 Å². The molecule has 0 spiro atoms. The van der Waals surface area contributed by atoms with Crippen LogP contribution in [0, 0.1) is 0 Å². The number of esters is 1. The average molecular weight is 271 g/mol. The normalized spacial score (nSPS) is 13.2. The monoisotopic (exact) mass is 271 g/mol. The van der Waals surface area contributed by atoms with E-state index in [1.54, 1.807) is 0 Å². The molecule has 10 heteroatoms. The third-order valence-corrected chi connectivity index (χ3v) is 2.53. The number of halogens is 3. The van der Waals surface area contributed by atoms with E-state index < -0.39 is 29.8 Å². The number of methoxy groups -OCH3 is 1. The summed E-state index contributed by atoms with van der Waals surface area (Å²) in [6, 6.07) is -1.17. The van der Waals surface area contributed by atoms with Crippen molar-refractivity contribution in [3.8, 4) is 0 Å². The second kappa shape index (κ2) is 5.27. The number of aliphatic hydroxyl groups is 1. The van der Waals surface area contributed by atoms with Crippen LogP contribution in [0.1, 0.15) is 5.01 Å². The molecule has 1 unspecified atom stereocenters. The highest BCUT2D eigenvalue weighted by atomic mass is 32.1.